The van der Waals surface area contributed by atoms with Gasteiger partial charge in [0, 0.05) is 14.1 Å². The Bertz CT molecular complexity index is 146. The van der Waals surface area contributed by atoms with E-state index in [2.05, 4.69) is 14.9 Å². The van der Waals surface area contributed by atoms with Crippen LogP contribution in [-0.4, -0.2) is 23.5 Å². The summed E-state index contributed by atoms with van der Waals surface area (Å²) in [4.78, 5) is 5.66. The molecular formula is C4H6N3S. The average Bonchev–Trinajstić information content (AvgIpc) is 2.12. The molecule has 0 unspecified atom stereocenters. The number of rotatable bonds is 1. The van der Waals surface area contributed by atoms with Crippen LogP contribution in [0.1, 0.15) is 0 Å². The van der Waals surface area contributed by atoms with Gasteiger partial charge in [-0.05, 0) is 11.5 Å². The third-order valence-corrected chi connectivity index (χ3v) is 1.14. The van der Waals surface area contributed by atoms with Gasteiger partial charge in [0.1, 0.15) is 0 Å². The molecule has 0 amide bonds. The Morgan fingerprint density at radius 1 is 1.62 bits per heavy atom. The van der Waals surface area contributed by atoms with E-state index < -0.39 is 0 Å². The highest BCUT2D eigenvalue weighted by Gasteiger charge is 1.94. The van der Waals surface area contributed by atoms with E-state index in [0.29, 0.717) is 0 Å². The minimum atomic E-state index is 0.731. The van der Waals surface area contributed by atoms with Crippen LogP contribution in [0, 0.1) is 5.51 Å². The first kappa shape index (κ1) is 5.50. The maximum Gasteiger partial charge on any atom is 0.237 e. The molecule has 0 aliphatic heterocycles. The highest BCUT2D eigenvalue weighted by molar-refractivity contribution is 7.02. The summed E-state index contributed by atoms with van der Waals surface area (Å²) in [6.07, 6.45) is 0. The molecule has 3 nitrogen and oxygen atoms in total. The Hall–Kier alpha value is -0.640. The van der Waals surface area contributed by atoms with Crippen molar-refractivity contribution in [2.45, 2.75) is 0 Å². The average molecular weight is 128 g/mol. The van der Waals surface area contributed by atoms with Gasteiger partial charge in [0.15, 0.2) is 5.51 Å². The van der Waals surface area contributed by atoms with Gasteiger partial charge in [-0.3, -0.25) is 0 Å². The monoisotopic (exact) mass is 128 g/mol. The summed E-state index contributed by atoms with van der Waals surface area (Å²) >= 11 is 1.24. The first-order valence-corrected chi connectivity index (χ1v) is 2.95. The molecule has 4 heteroatoms. The lowest BCUT2D eigenvalue weighted by molar-refractivity contribution is 1.04. The van der Waals surface area contributed by atoms with Crippen molar-refractivity contribution in [2.24, 2.45) is 0 Å². The van der Waals surface area contributed by atoms with Crippen molar-refractivity contribution in [2.75, 3.05) is 19.0 Å². The van der Waals surface area contributed by atoms with Crippen LogP contribution in [0.5, 0.6) is 0 Å². The molecule has 1 radical (unpaired) electrons. The molecule has 43 valence electrons. The SMILES string of the molecule is CN(C)c1n[c]sn1. The first-order chi connectivity index (χ1) is 3.80. The molecule has 1 rings (SSSR count). The second-order valence-electron chi connectivity index (χ2n) is 1.58. The van der Waals surface area contributed by atoms with Crippen LogP contribution in [0.15, 0.2) is 0 Å². The third-order valence-electron chi connectivity index (χ3n) is 0.714. The summed E-state index contributed by atoms with van der Waals surface area (Å²) in [6, 6.07) is 0. The van der Waals surface area contributed by atoms with Crippen LogP contribution >= 0.6 is 11.5 Å². The maximum absolute atomic E-state index is 3.92. The smallest absolute Gasteiger partial charge is 0.237 e. The van der Waals surface area contributed by atoms with Crippen LogP contribution in [0.25, 0.3) is 0 Å². The maximum atomic E-state index is 3.92. The molecule has 0 saturated carbocycles. The topological polar surface area (TPSA) is 29.0 Å². The lowest BCUT2D eigenvalue weighted by atomic mass is 10.8. The zero-order valence-electron chi connectivity index (χ0n) is 4.75. The molecule has 8 heavy (non-hydrogen) atoms. The molecule has 0 saturated heterocycles. The van der Waals surface area contributed by atoms with Gasteiger partial charge in [0.05, 0.1) is 0 Å². The first-order valence-electron chi connectivity index (χ1n) is 2.18. The lowest BCUT2D eigenvalue weighted by Crippen LogP contribution is -2.09. The van der Waals surface area contributed by atoms with E-state index in [1.165, 1.54) is 11.5 Å². The van der Waals surface area contributed by atoms with Crippen LogP contribution in [0.3, 0.4) is 0 Å². The second-order valence-corrected chi connectivity index (χ2v) is 2.13. The fraction of sp³-hybridized carbons (Fsp3) is 0.500. The Morgan fingerprint density at radius 2 is 2.38 bits per heavy atom. The van der Waals surface area contributed by atoms with Crippen molar-refractivity contribution in [1.82, 2.24) is 9.36 Å². The Balaban J connectivity index is 2.77. The number of hydrogen-bond acceptors (Lipinski definition) is 4. The molecular weight excluding hydrogens is 122 g/mol. The molecule has 0 bridgehead atoms. The van der Waals surface area contributed by atoms with E-state index in [4.69, 9.17) is 0 Å². The Morgan fingerprint density at radius 3 is 2.62 bits per heavy atom. The minimum Gasteiger partial charge on any atom is -0.346 e. The summed E-state index contributed by atoms with van der Waals surface area (Å²) in [5.74, 6) is 0.731. The zero-order valence-corrected chi connectivity index (χ0v) is 5.57. The van der Waals surface area contributed by atoms with Gasteiger partial charge in [-0.2, -0.15) is 9.36 Å². The van der Waals surface area contributed by atoms with Gasteiger partial charge in [-0.15, -0.1) is 0 Å². The van der Waals surface area contributed by atoms with E-state index >= 15 is 0 Å². The summed E-state index contributed by atoms with van der Waals surface area (Å²) in [6.45, 7) is 0. The van der Waals surface area contributed by atoms with Crippen LogP contribution in [0.4, 0.5) is 5.95 Å². The van der Waals surface area contributed by atoms with Crippen molar-refractivity contribution in [1.29, 1.82) is 0 Å². The van der Waals surface area contributed by atoms with E-state index in [1.807, 2.05) is 19.0 Å². The highest BCUT2D eigenvalue weighted by atomic mass is 32.1. The quantitative estimate of drug-likeness (QED) is 0.548. The van der Waals surface area contributed by atoms with E-state index in [0.717, 1.165) is 5.95 Å². The molecule has 0 fully saturated rings. The van der Waals surface area contributed by atoms with Gasteiger partial charge in [-0.25, -0.2) is 0 Å². The van der Waals surface area contributed by atoms with E-state index in [1.54, 1.807) is 0 Å². The molecule has 1 aromatic heterocycles. The highest BCUT2D eigenvalue weighted by Crippen LogP contribution is 2.01. The number of aromatic nitrogens is 2. The molecule has 0 aromatic carbocycles. The number of anilines is 1. The summed E-state index contributed by atoms with van der Waals surface area (Å²) in [5.41, 5.74) is 2.65. The normalized spacial score (nSPS) is 9.25. The third kappa shape index (κ3) is 0.949. The molecule has 0 aliphatic carbocycles. The fourth-order valence-corrected chi connectivity index (χ4v) is 0.774. The van der Waals surface area contributed by atoms with E-state index in [9.17, 15) is 0 Å². The Kier molecular flexibility index (Phi) is 1.43. The standard InChI is InChI=1S/C4H6N3S/c1-7(2)4-5-3-8-6-4/h1-2H3. The van der Waals surface area contributed by atoms with Gasteiger partial charge in [0.25, 0.3) is 0 Å². The van der Waals surface area contributed by atoms with Crippen molar-refractivity contribution in [3.8, 4) is 0 Å². The second kappa shape index (κ2) is 2.09. The summed E-state index contributed by atoms with van der Waals surface area (Å²) < 4.78 is 3.92. The van der Waals surface area contributed by atoms with Crippen molar-refractivity contribution < 1.29 is 0 Å². The van der Waals surface area contributed by atoms with Crippen LogP contribution < -0.4 is 4.90 Å². The van der Waals surface area contributed by atoms with Crippen LogP contribution in [-0.2, 0) is 0 Å². The number of hydrogen-bond donors (Lipinski definition) is 0. The van der Waals surface area contributed by atoms with Gasteiger partial charge in [0.2, 0.25) is 5.95 Å². The van der Waals surface area contributed by atoms with Crippen molar-refractivity contribution in [3.05, 3.63) is 5.51 Å². The summed E-state index contributed by atoms with van der Waals surface area (Å²) in [5, 5.41) is 0. The zero-order chi connectivity index (χ0) is 5.98. The largest absolute Gasteiger partial charge is 0.346 e. The fourth-order valence-electron chi connectivity index (χ4n) is 0.325. The molecule has 0 N–H and O–H groups in total. The van der Waals surface area contributed by atoms with Gasteiger partial charge < -0.3 is 4.90 Å². The molecule has 1 aromatic rings. The van der Waals surface area contributed by atoms with Gasteiger partial charge >= 0.3 is 0 Å². The van der Waals surface area contributed by atoms with Crippen molar-refractivity contribution >= 4 is 17.5 Å². The predicted molar refractivity (Wildman–Crippen MR) is 33.1 cm³/mol. The van der Waals surface area contributed by atoms with E-state index in [-0.39, 0.29) is 0 Å². The van der Waals surface area contributed by atoms with Crippen molar-refractivity contribution in [3.63, 3.8) is 0 Å². The summed E-state index contributed by atoms with van der Waals surface area (Å²) in [7, 11) is 3.80. The van der Waals surface area contributed by atoms with Gasteiger partial charge in [-0.1, -0.05) is 0 Å². The van der Waals surface area contributed by atoms with Crippen LogP contribution in [0.2, 0.25) is 0 Å². The molecule has 0 aliphatic rings. The molecule has 1 heterocycles. The molecule has 0 atom stereocenters. The Labute approximate surface area is 52.1 Å². The molecule has 0 spiro atoms. The predicted octanol–water partition coefficient (Wildman–Crippen LogP) is 0.404. The lowest BCUT2D eigenvalue weighted by Gasteiger charge is -2.02. The minimum absolute atomic E-state index is 0.731. The number of nitrogens with zero attached hydrogens (tertiary/aromatic N) is 3.